The van der Waals surface area contributed by atoms with Crippen LogP contribution in [-0.4, -0.2) is 46.8 Å². The molecule has 20 heavy (non-hydrogen) atoms. The van der Waals surface area contributed by atoms with Crippen molar-refractivity contribution in [3.8, 4) is 0 Å². The summed E-state index contributed by atoms with van der Waals surface area (Å²) >= 11 is 5.73. The number of aromatic carboxylic acids is 1. The second-order valence-corrected chi connectivity index (χ2v) is 4.92. The smallest absolute Gasteiger partial charge is 0.337 e. The molecule has 0 saturated heterocycles. The number of hydrogen-bond donors (Lipinski definition) is 3. The number of carbonyl (C=O) groups is 2. The number of nitrogens with one attached hydrogen (secondary N) is 1. The summed E-state index contributed by atoms with van der Waals surface area (Å²) in [5.74, 6) is -1.17. The molecule has 0 bridgehead atoms. The first-order valence-electron chi connectivity index (χ1n) is 6.04. The first kappa shape index (κ1) is 16.3. The minimum atomic E-state index is -1.17. The topological polar surface area (TPSA) is 89.9 Å². The van der Waals surface area contributed by atoms with Crippen LogP contribution in [0.15, 0.2) is 18.2 Å². The van der Waals surface area contributed by atoms with Crippen molar-refractivity contribution in [2.45, 2.75) is 19.4 Å². The Balaban J connectivity index is 2.77. The van der Waals surface area contributed by atoms with Gasteiger partial charge in [0.1, 0.15) is 0 Å². The molecule has 1 aromatic rings. The Morgan fingerprint density at radius 1 is 1.45 bits per heavy atom. The van der Waals surface area contributed by atoms with Gasteiger partial charge in [0.2, 0.25) is 0 Å². The van der Waals surface area contributed by atoms with Crippen molar-refractivity contribution in [3.63, 3.8) is 0 Å². The fourth-order valence-electron chi connectivity index (χ4n) is 1.50. The van der Waals surface area contributed by atoms with E-state index in [9.17, 15) is 9.59 Å². The Kier molecular flexibility index (Phi) is 5.79. The van der Waals surface area contributed by atoms with Gasteiger partial charge in [0.25, 0.3) is 0 Å². The molecule has 0 aliphatic carbocycles. The molecule has 0 aromatic heterocycles. The lowest BCUT2D eigenvalue weighted by Crippen LogP contribution is -2.33. The molecule has 1 atom stereocenters. The van der Waals surface area contributed by atoms with Gasteiger partial charge in [-0.15, -0.1) is 0 Å². The molecule has 0 heterocycles. The number of rotatable bonds is 5. The number of benzene rings is 1. The average molecular weight is 301 g/mol. The van der Waals surface area contributed by atoms with Crippen molar-refractivity contribution in [2.24, 2.45) is 0 Å². The highest BCUT2D eigenvalue weighted by Crippen LogP contribution is 2.21. The fraction of sp³-hybridized carbons (Fsp3) is 0.385. The summed E-state index contributed by atoms with van der Waals surface area (Å²) in [6.45, 7) is 1.99. The largest absolute Gasteiger partial charge is 0.478 e. The summed E-state index contributed by atoms with van der Waals surface area (Å²) < 4.78 is 0. The summed E-state index contributed by atoms with van der Waals surface area (Å²) in [5.41, 5.74) is 0.102. The van der Waals surface area contributed by atoms with Gasteiger partial charge in [-0.25, -0.2) is 9.59 Å². The lowest BCUT2D eigenvalue weighted by Gasteiger charge is -2.19. The van der Waals surface area contributed by atoms with Crippen molar-refractivity contribution >= 4 is 29.3 Å². The number of carbonyl (C=O) groups excluding carboxylic acids is 1. The quantitative estimate of drug-likeness (QED) is 0.778. The number of urea groups is 1. The van der Waals surface area contributed by atoms with E-state index in [0.29, 0.717) is 13.0 Å². The van der Waals surface area contributed by atoms with Crippen LogP contribution in [0.3, 0.4) is 0 Å². The summed E-state index contributed by atoms with van der Waals surface area (Å²) in [4.78, 5) is 24.3. The molecule has 3 N–H and O–H groups in total. The van der Waals surface area contributed by atoms with Crippen LogP contribution in [0.5, 0.6) is 0 Å². The van der Waals surface area contributed by atoms with Gasteiger partial charge in [-0.05, 0) is 31.5 Å². The standard InChI is InChI=1S/C13H17ClN2O4/c1-8(17)5-6-16(2)13(20)15-11-4-3-9(14)7-10(11)12(18)19/h3-4,7-8,17H,5-6H2,1-2H3,(H,15,20)(H,18,19). The number of hydrogen-bond acceptors (Lipinski definition) is 3. The summed E-state index contributed by atoms with van der Waals surface area (Å²) in [7, 11) is 1.56. The van der Waals surface area contributed by atoms with Crippen molar-refractivity contribution in [1.29, 1.82) is 0 Å². The van der Waals surface area contributed by atoms with E-state index in [-0.39, 0.29) is 16.3 Å². The van der Waals surface area contributed by atoms with Crippen LogP contribution >= 0.6 is 11.6 Å². The molecule has 2 amide bonds. The summed E-state index contributed by atoms with van der Waals surface area (Å²) in [6.07, 6.45) is -0.0635. The molecule has 0 fully saturated rings. The molecule has 0 radical (unpaired) electrons. The second-order valence-electron chi connectivity index (χ2n) is 4.48. The van der Waals surface area contributed by atoms with E-state index in [4.69, 9.17) is 21.8 Å². The molecule has 6 nitrogen and oxygen atoms in total. The third-order valence-corrected chi connectivity index (χ3v) is 2.92. The maximum absolute atomic E-state index is 11.9. The maximum atomic E-state index is 11.9. The van der Waals surface area contributed by atoms with Crippen molar-refractivity contribution < 1.29 is 19.8 Å². The minimum Gasteiger partial charge on any atom is -0.478 e. The van der Waals surface area contributed by atoms with E-state index in [0.717, 1.165) is 0 Å². The number of amides is 2. The normalized spacial score (nSPS) is 11.8. The fourth-order valence-corrected chi connectivity index (χ4v) is 1.67. The van der Waals surface area contributed by atoms with Gasteiger partial charge < -0.3 is 20.4 Å². The van der Waals surface area contributed by atoms with Gasteiger partial charge >= 0.3 is 12.0 Å². The van der Waals surface area contributed by atoms with Crippen LogP contribution in [0.1, 0.15) is 23.7 Å². The first-order chi connectivity index (χ1) is 9.31. The molecule has 0 saturated carbocycles. The highest BCUT2D eigenvalue weighted by molar-refractivity contribution is 6.31. The van der Waals surface area contributed by atoms with Crippen LogP contribution < -0.4 is 5.32 Å². The first-order valence-corrected chi connectivity index (χ1v) is 6.42. The van der Waals surface area contributed by atoms with E-state index in [1.54, 1.807) is 14.0 Å². The van der Waals surface area contributed by atoms with Crippen LogP contribution in [0.2, 0.25) is 5.02 Å². The van der Waals surface area contributed by atoms with Gasteiger partial charge in [0.05, 0.1) is 17.4 Å². The average Bonchev–Trinajstić information content (AvgIpc) is 2.37. The van der Waals surface area contributed by atoms with Crippen LogP contribution in [-0.2, 0) is 0 Å². The number of halogens is 1. The van der Waals surface area contributed by atoms with E-state index in [2.05, 4.69) is 5.32 Å². The van der Waals surface area contributed by atoms with Gasteiger partial charge in [0, 0.05) is 18.6 Å². The van der Waals surface area contributed by atoms with Crippen LogP contribution in [0, 0.1) is 0 Å². The number of carboxylic acids is 1. The number of carboxylic acid groups (broad SMARTS) is 1. The van der Waals surface area contributed by atoms with Gasteiger partial charge in [0.15, 0.2) is 0 Å². The predicted molar refractivity (Wildman–Crippen MR) is 76.4 cm³/mol. The summed E-state index contributed by atoms with van der Waals surface area (Å²) in [5, 5.41) is 21.0. The Morgan fingerprint density at radius 2 is 2.10 bits per heavy atom. The van der Waals surface area contributed by atoms with Crippen molar-refractivity contribution in [1.82, 2.24) is 4.90 Å². The molecule has 0 aliphatic rings. The lowest BCUT2D eigenvalue weighted by molar-refractivity contribution is 0.0698. The van der Waals surface area contributed by atoms with E-state index < -0.39 is 18.1 Å². The zero-order valence-corrected chi connectivity index (χ0v) is 12.0. The number of anilines is 1. The minimum absolute atomic E-state index is 0.0743. The zero-order chi connectivity index (χ0) is 15.3. The third kappa shape index (κ3) is 4.71. The molecule has 7 heteroatoms. The third-order valence-electron chi connectivity index (χ3n) is 2.68. The van der Waals surface area contributed by atoms with Gasteiger partial charge in [-0.3, -0.25) is 0 Å². The molecule has 1 unspecified atom stereocenters. The van der Waals surface area contributed by atoms with Crippen molar-refractivity contribution in [2.75, 3.05) is 18.9 Å². The van der Waals surface area contributed by atoms with Crippen LogP contribution in [0.25, 0.3) is 0 Å². The molecule has 1 rings (SSSR count). The Bertz CT molecular complexity index is 505. The lowest BCUT2D eigenvalue weighted by atomic mass is 10.2. The number of aliphatic hydroxyl groups is 1. The number of aliphatic hydroxyl groups excluding tert-OH is 1. The molecule has 110 valence electrons. The second kappa shape index (κ2) is 7.12. The van der Waals surface area contributed by atoms with Crippen LogP contribution in [0.4, 0.5) is 10.5 Å². The maximum Gasteiger partial charge on any atom is 0.337 e. The molecule has 0 spiro atoms. The Labute approximate surface area is 122 Å². The summed E-state index contributed by atoms with van der Waals surface area (Å²) in [6, 6.07) is 3.76. The molecular weight excluding hydrogens is 284 g/mol. The van der Waals surface area contributed by atoms with E-state index >= 15 is 0 Å². The highest BCUT2D eigenvalue weighted by atomic mass is 35.5. The Hall–Kier alpha value is -1.79. The highest BCUT2D eigenvalue weighted by Gasteiger charge is 2.15. The van der Waals surface area contributed by atoms with Crippen molar-refractivity contribution in [3.05, 3.63) is 28.8 Å². The van der Waals surface area contributed by atoms with Gasteiger partial charge in [-0.1, -0.05) is 11.6 Å². The number of nitrogens with zero attached hydrogens (tertiary/aromatic N) is 1. The predicted octanol–water partition coefficient (Wildman–Crippen LogP) is 2.27. The monoisotopic (exact) mass is 300 g/mol. The molecule has 0 aliphatic heterocycles. The Morgan fingerprint density at radius 3 is 2.65 bits per heavy atom. The van der Waals surface area contributed by atoms with E-state index in [1.807, 2.05) is 0 Å². The zero-order valence-electron chi connectivity index (χ0n) is 11.3. The van der Waals surface area contributed by atoms with E-state index in [1.165, 1.54) is 23.1 Å². The molecule has 1 aromatic carbocycles. The molecular formula is C13H17ClN2O4. The van der Waals surface area contributed by atoms with Gasteiger partial charge in [-0.2, -0.15) is 0 Å². The SMILES string of the molecule is CC(O)CCN(C)C(=O)Nc1ccc(Cl)cc1C(=O)O.